The van der Waals surface area contributed by atoms with Gasteiger partial charge >= 0.3 is 0 Å². The van der Waals surface area contributed by atoms with Gasteiger partial charge in [0.15, 0.2) is 10.4 Å². The van der Waals surface area contributed by atoms with Gasteiger partial charge in [-0.3, -0.25) is 9.67 Å². The summed E-state index contributed by atoms with van der Waals surface area (Å²) in [4.78, 5) is 17.3. The molecule has 1 aromatic carbocycles. The minimum absolute atomic E-state index is 0.0370. The summed E-state index contributed by atoms with van der Waals surface area (Å²) < 4.78 is 26.3. The molecule has 0 N–H and O–H groups in total. The lowest BCUT2D eigenvalue weighted by Crippen LogP contribution is -2.43. The van der Waals surface area contributed by atoms with Crippen molar-refractivity contribution in [2.75, 3.05) is 25.0 Å². The van der Waals surface area contributed by atoms with Gasteiger partial charge in [-0.05, 0) is 44.9 Å². The largest absolute Gasteiger partial charge is 0.367 e. The van der Waals surface area contributed by atoms with Crippen molar-refractivity contribution >= 4 is 39.2 Å². The molecule has 0 radical (unpaired) electrons. The third-order valence-electron chi connectivity index (χ3n) is 6.67. The first-order chi connectivity index (χ1) is 17.4. The van der Waals surface area contributed by atoms with Crippen LogP contribution in [0.4, 0.5) is 10.3 Å². The van der Waals surface area contributed by atoms with Gasteiger partial charge in [-0.25, -0.2) is 9.37 Å². The van der Waals surface area contributed by atoms with Gasteiger partial charge in [0.25, 0.3) is 0 Å². The zero-order valence-electron chi connectivity index (χ0n) is 20.4. The van der Waals surface area contributed by atoms with Gasteiger partial charge in [0.2, 0.25) is 5.95 Å². The Morgan fingerprint density at radius 1 is 1.25 bits per heavy atom. The molecule has 36 heavy (non-hydrogen) atoms. The summed E-state index contributed by atoms with van der Waals surface area (Å²) in [5.41, 5.74) is 2.73. The van der Waals surface area contributed by atoms with Crippen LogP contribution in [-0.4, -0.2) is 50.6 Å². The second-order valence-electron chi connectivity index (χ2n) is 9.33. The third kappa shape index (κ3) is 4.21. The number of aromatic nitrogens is 5. The van der Waals surface area contributed by atoms with E-state index in [0.717, 1.165) is 20.7 Å². The summed E-state index contributed by atoms with van der Waals surface area (Å²) in [6.45, 7) is 6.00. The molecule has 2 atom stereocenters. The average molecular weight is 528 g/mol. The van der Waals surface area contributed by atoms with E-state index < -0.39 is 5.82 Å². The molecule has 1 aliphatic heterocycles. The number of morpholine rings is 1. The maximum absolute atomic E-state index is 15.1. The number of nitrogens with zero attached hydrogens (tertiary/aromatic N) is 7. The Morgan fingerprint density at radius 3 is 2.81 bits per heavy atom. The van der Waals surface area contributed by atoms with Crippen LogP contribution in [0.25, 0.3) is 21.6 Å². The highest BCUT2D eigenvalue weighted by atomic mass is 35.5. The van der Waals surface area contributed by atoms with E-state index in [0.29, 0.717) is 47.9 Å². The summed E-state index contributed by atoms with van der Waals surface area (Å²) in [5.74, 6) is 0.129. The Kier molecular flexibility index (Phi) is 6.05. The molecule has 6 rings (SSSR count). The minimum Gasteiger partial charge on any atom is -0.367 e. The van der Waals surface area contributed by atoms with Crippen LogP contribution in [0.3, 0.4) is 0 Å². The number of aryl methyl sites for hydroxylation is 1. The predicted octanol–water partition coefficient (Wildman–Crippen LogP) is 5.00. The number of fused-ring (bicyclic) bond motifs is 1. The second kappa shape index (κ2) is 9.24. The van der Waals surface area contributed by atoms with Crippen molar-refractivity contribution in [3.63, 3.8) is 0 Å². The van der Waals surface area contributed by atoms with E-state index in [2.05, 4.69) is 28.1 Å². The molecular weight excluding hydrogens is 501 g/mol. The van der Waals surface area contributed by atoms with Gasteiger partial charge in [-0.2, -0.15) is 10.1 Å². The van der Waals surface area contributed by atoms with Crippen LogP contribution in [0.15, 0.2) is 35.6 Å². The van der Waals surface area contributed by atoms with Crippen molar-refractivity contribution in [1.29, 1.82) is 0 Å². The molecule has 4 aromatic rings. The molecule has 0 spiro atoms. The predicted molar refractivity (Wildman–Crippen MR) is 139 cm³/mol. The highest BCUT2D eigenvalue weighted by Crippen LogP contribution is 2.37. The Balaban J connectivity index is 1.46. The number of ether oxygens (including phenoxy) is 1. The van der Waals surface area contributed by atoms with E-state index in [1.54, 1.807) is 19.2 Å². The van der Waals surface area contributed by atoms with Crippen LogP contribution in [0.5, 0.6) is 0 Å². The molecule has 1 saturated carbocycles. The van der Waals surface area contributed by atoms with Crippen molar-refractivity contribution in [1.82, 2.24) is 24.3 Å². The third-order valence-corrected chi connectivity index (χ3v) is 8.07. The smallest absolute Gasteiger partial charge is 0.228 e. The average Bonchev–Trinajstić information content (AvgIpc) is 3.47. The van der Waals surface area contributed by atoms with E-state index in [9.17, 15) is 0 Å². The number of thiazole rings is 1. The number of anilines is 1. The van der Waals surface area contributed by atoms with Crippen LogP contribution in [0, 0.1) is 5.82 Å². The van der Waals surface area contributed by atoms with E-state index in [-0.39, 0.29) is 12.2 Å². The Bertz CT molecular complexity index is 1510. The molecule has 11 heteroatoms. The van der Waals surface area contributed by atoms with Gasteiger partial charge in [-0.1, -0.05) is 22.9 Å². The van der Waals surface area contributed by atoms with Gasteiger partial charge in [0.05, 0.1) is 30.6 Å². The lowest BCUT2D eigenvalue weighted by Gasteiger charge is -2.36. The van der Waals surface area contributed by atoms with E-state index in [1.807, 2.05) is 22.4 Å². The highest BCUT2D eigenvalue weighted by Gasteiger charge is 2.32. The van der Waals surface area contributed by atoms with Crippen molar-refractivity contribution in [3.05, 3.63) is 51.8 Å². The summed E-state index contributed by atoms with van der Waals surface area (Å²) >= 11 is 7.51. The second-order valence-corrected chi connectivity index (χ2v) is 10.7. The molecule has 2 aliphatic rings. The van der Waals surface area contributed by atoms with Gasteiger partial charge in [-0.15, -0.1) is 0 Å². The topological polar surface area (TPSA) is 73.4 Å². The lowest BCUT2D eigenvalue weighted by atomic mass is 10.1. The van der Waals surface area contributed by atoms with Crippen molar-refractivity contribution in [2.45, 2.75) is 51.5 Å². The Hall–Kier alpha value is -2.82. The minimum atomic E-state index is -0.416. The standard InChI is InChI=1S/C25H27ClFN7OS/c1-4-33-23-22(36-25(33)28-3)21(18-8-5-16(26)9-19(18)27)30-24(31-23)32-11-14(2)35-20(13-32)15-10-29-34(12-15)17-6-7-17/h5,8-10,12,14,17,20H,4,6-7,11,13H2,1-3H3. The fourth-order valence-electron chi connectivity index (χ4n) is 4.75. The van der Waals surface area contributed by atoms with Crippen molar-refractivity contribution in [3.8, 4) is 11.3 Å². The van der Waals surface area contributed by atoms with Gasteiger partial charge in [0.1, 0.15) is 16.6 Å². The van der Waals surface area contributed by atoms with Crippen LogP contribution in [-0.2, 0) is 11.3 Å². The first-order valence-electron chi connectivity index (χ1n) is 12.2. The van der Waals surface area contributed by atoms with E-state index >= 15 is 4.39 Å². The molecular formula is C25H27ClFN7OS. The maximum atomic E-state index is 15.1. The van der Waals surface area contributed by atoms with E-state index in [1.165, 1.54) is 30.2 Å². The molecule has 0 amide bonds. The molecule has 0 bridgehead atoms. The molecule has 3 aromatic heterocycles. The van der Waals surface area contributed by atoms with Crippen molar-refractivity contribution < 1.29 is 9.13 Å². The SMILES string of the molecule is CCn1c(=NC)sc2c(-c3ccc(Cl)cc3F)nc(N3CC(C)OC(c4cnn(C5CC5)c4)C3)nc21. The Labute approximate surface area is 217 Å². The molecule has 1 aliphatic carbocycles. The van der Waals surface area contributed by atoms with E-state index in [4.69, 9.17) is 26.3 Å². The molecule has 4 heterocycles. The monoisotopic (exact) mass is 527 g/mol. The molecule has 1 saturated heterocycles. The molecule has 2 unspecified atom stereocenters. The summed E-state index contributed by atoms with van der Waals surface area (Å²) in [7, 11) is 1.75. The van der Waals surface area contributed by atoms with Gasteiger partial charge < -0.3 is 14.2 Å². The first-order valence-corrected chi connectivity index (χ1v) is 13.4. The fourth-order valence-corrected chi connectivity index (χ4v) is 6.01. The van der Waals surface area contributed by atoms with Crippen LogP contribution in [0.1, 0.15) is 44.4 Å². The number of halogens is 2. The zero-order valence-corrected chi connectivity index (χ0v) is 21.9. The highest BCUT2D eigenvalue weighted by molar-refractivity contribution is 7.16. The summed E-state index contributed by atoms with van der Waals surface area (Å²) in [5, 5.41) is 4.89. The number of benzene rings is 1. The van der Waals surface area contributed by atoms with Crippen molar-refractivity contribution in [2.24, 2.45) is 4.99 Å². The number of hydrogen-bond donors (Lipinski definition) is 0. The van der Waals surface area contributed by atoms with Gasteiger partial charge in [0, 0.05) is 42.5 Å². The Morgan fingerprint density at radius 2 is 2.08 bits per heavy atom. The quantitative estimate of drug-likeness (QED) is 0.365. The van der Waals surface area contributed by atoms with Crippen LogP contribution >= 0.6 is 22.9 Å². The summed E-state index contributed by atoms with van der Waals surface area (Å²) in [6.07, 6.45) is 6.16. The maximum Gasteiger partial charge on any atom is 0.228 e. The van der Waals surface area contributed by atoms with Crippen LogP contribution in [0.2, 0.25) is 5.02 Å². The first kappa shape index (κ1) is 23.6. The normalized spacial score (nSPS) is 21.0. The number of hydrogen-bond acceptors (Lipinski definition) is 7. The lowest BCUT2D eigenvalue weighted by molar-refractivity contribution is -0.0178. The fraction of sp³-hybridized carbons (Fsp3) is 0.440. The summed E-state index contributed by atoms with van der Waals surface area (Å²) in [6, 6.07) is 5.20. The zero-order chi connectivity index (χ0) is 25.0. The molecule has 8 nitrogen and oxygen atoms in total. The molecule has 188 valence electrons. The van der Waals surface area contributed by atoms with Crippen LogP contribution < -0.4 is 9.70 Å². The molecule has 2 fully saturated rings. The number of rotatable bonds is 5.